The number of aliphatic hydroxyl groups is 1. The molecule has 0 fully saturated rings. The SMILES string of the molecule is CN(C)c1nc(NC[C@@H](O)c2cc(Cl)cc(Br)c2)nc2ccccc12. The Balaban J connectivity index is 1.83. The molecular weight excluding hydrogens is 404 g/mol. The predicted octanol–water partition coefficient (Wildman–Crippen LogP) is 4.26. The molecule has 3 aromatic rings. The van der Waals surface area contributed by atoms with Crippen molar-refractivity contribution in [2.75, 3.05) is 30.9 Å². The third-order valence-corrected chi connectivity index (χ3v) is 4.41. The van der Waals surface area contributed by atoms with Crippen molar-refractivity contribution >= 4 is 50.2 Å². The summed E-state index contributed by atoms with van der Waals surface area (Å²) in [5.41, 5.74) is 1.57. The van der Waals surface area contributed by atoms with E-state index in [1.807, 2.05) is 49.3 Å². The molecule has 0 bridgehead atoms. The second-order valence-electron chi connectivity index (χ2n) is 5.88. The van der Waals surface area contributed by atoms with E-state index >= 15 is 0 Å². The van der Waals surface area contributed by atoms with Crippen LogP contribution in [0.1, 0.15) is 11.7 Å². The van der Waals surface area contributed by atoms with Crippen molar-refractivity contribution < 1.29 is 5.11 Å². The van der Waals surface area contributed by atoms with Crippen LogP contribution >= 0.6 is 27.5 Å². The molecule has 0 unspecified atom stereocenters. The number of rotatable bonds is 5. The Morgan fingerprint density at radius 1 is 1.20 bits per heavy atom. The third-order valence-electron chi connectivity index (χ3n) is 3.73. The molecule has 25 heavy (non-hydrogen) atoms. The van der Waals surface area contributed by atoms with Crippen molar-refractivity contribution in [2.24, 2.45) is 0 Å². The van der Waals surface area contributed by atoms with E-state index in [1.165, 1.54) is 0 Å². The molecule has 0 saturated carbocycles. The Morgan fingerprint density at radius 2 is 1.96 bits per heavy atom. The zero-order valence-electron chi connectivity index (χ0n) is 13.9. The molecule has 3 rings (SSSR count). The molecule has 0 aliphatic rings. The van der Waals surface area contributed by atoms with E-state index in [9.17, 15) is 5.11 Å². The minimum absolute atomic E-state index is 0.276. The molecule has 130 valence electrons. The van der Waals surface area contributed by atoms with Crippen LogP contribution in [0.4, 0.5) is 11.8 Å². The molecule has 1 atom stereocenters. The molecule has 0 aliphatic carbocycles. The molecule has 7 heteroatoms. The van der Waals surface area contributed by atoms with Crippen LogP contribution in [0, 0.1) is 0 Å². The van der Waals surface area contributed by atoms with Crippen molar-refractivity contribution in [2.45, 2.75) is 6.10 Å². The number of anilines is 2. The summed E-state index contributed by atoms with van der Waals surface area (Å²) in [4.78, 5) is 11.0. The number of aliphatic hydroxyl groups excluding tert-OH is 1. The van der Waals surface area contributed by atoms with Gasteiger partial charge in [-0.1, -0.05) is 39.7 Å². The topological polar surface area (TPSA) is 61.3 Å². The van der Waals surface area contributed by atoms with Gasteiger partial charge in [0.2, 0.25) is 5.95 Å². The Kier molecular flexibility index (Phi) is 5.42. The zero-order valence-corrected chi connectivity index (χ0v) is 16.2. The lowest BCUT2D eigenvalue weighted by atomic mass is 10.1. The van der Waals surface area contributed by atoms with Gasteiger partial charge in [0.25, 0.3) is 0 Å². The number of hydrogen-bond acceptors (Lipinski definition) is 5. The summed E-state index contributed by atoms with van der Waals surface area (Å²) >= 11 is 9.42. The van der Waals surface area contributed by atoms with Gasteiger partial charge in [-0.2, -0.15) is 4.98 Å². The van der Waals surface area contributed by atoms with Crippen LogP contribution in [-0.4, -0.2) is 35.7 Å². The van der Waals surface area contributed by atoms with Crippen LogP contribution in [0.3, 0.4) is 0 Å². The van der Waals surface area contributed by atoms with E-state index in [0.29, 0.717) is 11.0 Å². The molecule has 1 aromatic heterocycles. The summed E-state index contributed by atoms with van der Waals surface area (Å²) in [6.07, 6.45) is -0.729. The van der Waals surface area contributed by atoms with Gasteiger partial charge in [0.05, 0.1) is 11.6 Å². The molecule has 0 saturated heterocycles. The van der Waals surface area contributed by atoms with Crippen LogP contribution in [0.2, 0.25) is 5.02 Å². The number of benzene rings is 2. The van der Waals surface area contributed by atoms with Crippen molar-refractivity contribution in [3.05, 3.63) is 57.5 Å². The van der Waals surface area contributed by atoms with E-state index < -0.39 is 6.10 Å². The highest BCUT2D eigenvalue weighted by atomic mass is 79.9. The largest absolute Gasteiger partial charge is 0.387 e. The summed E-state index contributed by atoms with van der Waals surface area (Å²) in [7, 11) is 3.88. The molecule has 5 nitrogen and oxygen atoms in total. The molecule has 0 radical (unpaired) electrons. The maximum Gasteiger partial charge on any atom is 0.225 e. The average molecular weight is 422 g/mol. The maximum absolute atomic E-state index is 10.4. The summed E-state index contributed by atoms with van der Waals surface area (Å²) < 4.78 is 0.825. The number of nitrogens with one attached hydrogen (secondary N) is 1. The van der Waals surface area contributed by atoms with Crippen LogP contribution < -0.4 is 10.2 Å². The van der Waals surface area contributed by atoms with Gasteiger partial charge in [-0.15, -0.1) is 0 Å². The second-order valence-corrected chi connectivity index (χ2v) is 7.23. The van der Waals surface area contributed by atoms with E-state index in [4.69, 9.17) is 11.6 Å². The maximum atomic E-state index is 10.4. The smallest absolute Gasteiger partial charge is 0.225 e. The highest BCUT2D eigenvalue weighted by Crippen LogP contribution is 2.26. The quantitative estimate of drug-likeness (QED) is 0.644. The number of halogens is 2. The van der Waals surface area contributed by atoms with Crippen LogP contribution in [0.15, 0.2) is 46.9 Å². The molecule has 0 amide bonds. The fourth-order valence-electron chi connectivity index (χ4n) is 2.55. The second kappa shape index (κ2) is 7.56. The lowest BCUT2D eigenvalue weighted by Crippen LogP contribution is -2.17. The van der Waals surface area contributed by atoms with Crippen molar-refractivity contribution in [3.63, 3.8) is 0 Å². The van der Waals surface area contributed by atoms with Crippen molar-refractivity contribution in [3.8, 4) is 0 Å². The zero-order chi connectivity index (χ0) is 18.0. The minimum atomic E-state index is -0.729. The predicted molar refractivity (Wildman–Crippen MR) is 106 cm³/mol. The number of para-hydroxylation sites is 1. The first-order chi connectivity index (χ1) is 11.9. The Hall–Kier alpha value is -1.89. The van der Waals surface area contributed by atoms with E-state index in [0.717, 1.165) is 26.8 Å². The fourth-order valence-corrected chi connectivity index (χ4v) is 3.44. The Morgan fingerprint density at radius 3 is 2.68 bits per heavy atom. The van der Waals surface area contributed by atoms with E-state index in [1.54, 1.807) is 12.1 Å². The van der Waals surface area contributed by atoms with Gasteiger partial charge < -0.3 is 15.3 Å². The summed E-state index contributed by atoms with van der Waals surface area (Å²) in [5.74, 6) is 1.30. The normalized spacial score (nSPS) is 12.2. The first-order valence-corrected chi connectivity index (χ1v) is 8.93. The van der Waals surface area contributed by atoms with Gasteiger partial charge in [-0.25, -0.2) is 4.98 Å². The van der Waals surface area contributed by atoms with Gasteiger partial charge in [-0.05, 0) is 35.9 Å². The first-order valence-electron chi connectivity index (χ1n) is 7.76. The van der Waals surface area contributed by atoms with Crippen LogP contribution in [0.25, 0.3) is 10.9 Å². The van der Waals surface area contributed by atoms with Gasteiger partial charge >= 0.3 is 0 Å². The Labute approximate surface area is 159 Å². The number of fused-ring (bicyclic) bond motifs is 1. The monoisotopic (exact) mass is 420 g/mol. The molecule has 0 spiro atoms. The molecular formula is C18H18BrClN4O. The summed E-state index contributed by atoms with van der Waals surface area (Å²) in [5, 5.41) is 15.1. The number of aromatic nitrogens is 2. The van der Waals surface area contributed by atoms with Crippen molar-refractivity contribution in [1.29, 1.82) is 0 Å². The van der Waals surface area contributed by atoms with Crippen LogP contribution in [0.5, 0.6) is 0 Å². The third kappa shape index (κ3) is 4.21. The van der Waals surface area contributed by atoms with Gasteiger partial charge in [-0.3, -0.25) is 0 Å². The lowest BCUT2D eigenvalue weighted by Gasteiger charge is -2.17. The standard InChI is InChI=1S/C18H18BrClN4O/c1-24(2)17-14-5-3-4-6-15(14)22-18(23-17)21-10-16(25)11-7-12(19)9-13(20)8-11/h3-9,16,25H,10H2,1-2H3,(H,21,22,23)/t16-/m1/s1. The number of nitrogens with zero attached hydrogens (tertiary/aromatic N) is 3. The van der Waals surface area contributed by atoms with E-state index in [-0.39, 0.29) is 6.54 Å². The summed E-state index contributed by atoms with van der Waals surface area (Å²) in [6, 6.07) is 13.2. The molecule has 2 N–H and O–H groups in total. The van der Waals surface area contributed by atoms with Crippen LogP contribution in [-0.2, 0) is 0 Å². The number of hydrogen-bond donors (Lipinski definition) is 2. The molecule has 2 aromatic carbocycles. The van der Waals surface area contributed by atoms with Gasteiger partial charge in [0.1, 0.15) is 5.82 Å². The first kappa shape index (κ1) is 17.9. The summed E-state index contributed by atoms with van der Waals surface area (Å²) in [6.45, 7) is 0.276. The van der Waals surface area contributed by atoms with E-state index in [2.05, 4.69) is 31.2 Å². The Bertz CT molecular complexity index is 883. The highest BCUT2D eigenvalue weighted by Gasteiger charge is 2.12. The van der Waals surface area contributed by atoms with Crippen molar-refractivity contribution in [1.82, 2.24) is 9.97 Å². The lowest BCUT2D eigenvalue weighted by molar-refractivity contribution is 0.191. The van der Waals surface area contributed by atoms with Gasteiger partial charge in [0, 0.05) is 35.5 Å². The average Bonchev–Trinajstić information content (AvgIpc) is 2.57. The fraction of sp³-hybridized carbons (Fsp3) is 0.222. The minimum Gasteiger partial charge on any atom is -0.387 e. The van der Waals surface area contributed by atoms with Gasteiger partial charge in [0.15, 0.2) is 0 Å². The molecule has 0 aliphatic heterocycles. The highest BCUT2D eigenvalue weighted by molar-refractivity contribution is 9.10. The molecule has 1 heterocycles.